The monoisotopic (exact) mass is 255 g/mol. The van der Waals surface area contributed by atoms with E-state index in [4.69, 9.17) is 5.11 Å². The van der Waals surface area contributed by atoms with Crippen molar-refractivity contribution in [3.8, 4) is 0 Å². The average molecular weight is 255 g/mol. The summed E-state index contributed by atoms with van der Waals surface area (Å²) in [5.74, 6) is -2.23. The Kier molecular flexibility index (Phi) is 3.61. The van der Waals surface area contributed by atoms with Crippen molar-refractivity contribution < 1.29 is 18.7 Å². The number of carboxylic acids is 1. The fourth-order valence-corrected chi connectivity index (χ4v) is 2.22. The van der Waals surface area contributed by atoms with Crippen LogP contribution in [-0.2, 0) is 4.79 Å². The molecule has 0 spiro atoms. The Bertz CT molecular complexity index is 440. The van der Waals surface area contributed by atoms with Crippen LogP contribution in [0.1, 0.15) is 31.4 Å². The summed E-state index contributed by atoms with van der Waals surface area (Å²) in [6.45, 7) is 1.45. The van der Waals surface area contributed by atoms with Crippen molar-refractivity contribution in [1.29, 1.82) is 0 Å². The van der Waals surface area contributed by atoms with E-state index in [1.165, 1.54) is 18.2 Å². The number of hydrogen-bond acceptors (Lipinski definition) is 2. The highest BCUT2D eigenvalue weighted by molar-refractivity contribution is 5.69. The van der Waals surface area contributed by atoms with E-state index in [-0.39, 0.29) is 18.2 Å². The van der Waals surface area contributed by atoms with E-state index in [0.29, 0.717) is 0 Å². The summed E-state index contributed by atoms with van der Waals surface area (Å²) in [6.07, 6.45) is 1.77. The fraction of sp³-hybridized carbons (Fsp3) is 0.462. The normalized spacial score (nSPS) is 16.9. The molecule has 1 N–H and O–H groups in total. The Morgan fingerprint density at radius 2 is 2.00 bits per heavy atom. The van der Waals surface area contributed by atoms with Gasteiger partial charge in [0.05, 0.1) is 6.54 Å². The van der Waals surface area contributed by atoms with Crippen molar-refractivity contribution in [2.75, 3.05) is 6.54 Å². The van der Waals surface area contributed by atoms with Crippen LogP contribution < -0.4 is 0 Å². The minimum Gasteiger partial charge on any atom is -0.480 e. The molecule has 0 bridgehead atoms. The maximum absolute atomic E-state index is 13.7. The molecule has 0 radical (unpaired) electrons. The lowest BCUT2D eigenvalue weighted by molar-refractivity contribution is -0.139. The van der Waals surface area contributed by atoms with Crippen LogP contribution in [0.5, 0.6) is 0 Å². The predicted octanol–water partition coefficient (Wildman–Crippen LogP) is 2.57. The van der Waals surface area contributed by atoms with Gasteiger partial charge in [-0.15, -0.1) is 0 Å². The van der Waals surface area contributed by atoms with Gasteiger partial charge in [0.2, 0.25) is 0 Å². The summed E-state index contributed by atoms with van der Waals surface area (Å²) in [7, 11) is 0. The number of aliphatic carboxylic acids is 1. The first kappa shape index (κ1) is 13.0. The van der Waals surface area contributed by atoms with Gasteiger partial charge in [0.1, 0.15) is 11.6 Å². The highest BCUT2D eigenvalue weighted by Crippen LogP contribution is 2.35. The highest BCUT2D eigenvalue weighted by atomic mass is 19.1. The molecule has 1 aromatic carbocycles. The van der Waals surface area contributed by atoms with Crippen molar-refractivity contribution in [2.24, 2.45) is 0 Å². The van der Waals surface area contributed by atoms with E-state index in [0.717, 1.165) is 12.8 Å². The molecule has 1 aromatic rings. The van der Waals surface area contributed by atoms with Gasteiger partial charge in [-0.3, -0.25) is 9.69 Å². The lowest BCUT2D eigenvalue weighted by Gasteiger charge is -2.28. The Morgan fingerprint density at radius 3 is 2.44 bits per heavy atom. The standard InChI is InChI=1S/C13H15F2NO2/c1-8(13-10(14)3-2-4-11(13)15)16(7-12(17)18)9-5-6-9/h2-4,8-9H,5-7H2,1H3,(H,17,18). The van der Waals surface area contributed by atoms with Crippen LogP contribution in [0.3, 0.4) is 0 Å². The molecule has 0 aliphatic heterocycles. The Hall–Kier alpha value is -1.49. The highest BCUT2D eigenvalue weighted by Gasteiger charge is 2.35. The third-order valence-corrected chi connectivity index (χ3v) is 3.25. The average Bonchev–Trinajstić information content (AvgIpc) is 3.09. The van der Waals surface area contributed by atoms with Crippen LogP contribution in [0.15, 0.2) is 18.2 Å². The van der Waals surface area contributed by atoms with Gasteiger partial charge >= 0.3 is 5.97 Å². The van der Waals surface area contributed by atoms with Crippen LogP contribution in [-0.4, -0.2) is 28.6 Å². The minimum atomic E-state index is -0.981. The molecule has 1 aliphatic carbocycles. The topological polar surface area (TPSA) is 40.5 Å². The Balaban J connectivity index is 2.27. The summed E-state index contributed by atoms with van der Waals surface area (Å²) >= 11 is 0. The summed E-state index contributed by atoms with van der Waals surface area (Å²) < 4.78 is 27.3. The summed E-state index contributed by atoms with van der Waals surface area (Å²) in [5.41, 5.74) is -0.0503. The molecule has 3 nitrogen and oxygen atoms in total. The van der Waals surface area contributed by atoms with Gasteiger partial charge in [-0.1, -0.05) is 6.07 Å². The molecule has 1 saturated carbocycles. The molecule has 1 fully saturated rings. The smallest absolute Gasteiger partial charge is 0.317 e. The van der Waals surface area contributed by atoms with Crippen molar-refractivity contribution >= 4 is 5.97 Å². The van der Waals surface area contributed by atoms with Gasteiger partial charge in [-0.2, -0.15) is 0 Å². The van der Waals surface area contributed by atoms with Crippen LogP contribution >= 0.6 is 0 Å². The first-order chi connectivity index (χ1) is 8.50. The number of halogens is 2. The van der Waals surface area contributed by atoms with Crippen molar-refractivity contribution in [3.63, 3.8) is 0 Å². The summed E-state index contributed by atoms with van der Waals surface area (Å²) in [5, 5.41) is 8.87. The summed E-state index contributed by atoms with van der Waals surface area (Å²) in [4.78, 5) is 12.5. The lowest BCUT2D eigenvalue weighted by Crippen LogP contribution is -2.35. The molecule has 0 heterocycles. The van der Waals surface area contributed by atoms with Gasteiger partial charge in [0, 0.05) is 17.6 Å². The molecule has 1 aliphatic rings. The van der Waals surface area contributed by atoms with Crippen LogP contribution in [0.4, 0.5) is 8.78 Å². The van der Waals surface area contributed by atoms with E-state index in [2.05, 4.69) is 0 Å². The summed E-state index contributed by atoms with van der Waals surface area (Å²) in [6, 6.07) is 3.24. The first-order valence-corrected chi connectivity index (χ1v) is 5.92. The molecule has 1 unspecified atom stereocenters. The second kappa shape index (κ2) is 5.02. The van der Waals surface area contributed by atoms with Gasteiger partial charge in [-0.05, 0) is 31.9 Å². The molecular weight excluding hydrogens is 240 g/mol. The second-order valence-corrected chi connectivity index (χ2v) is 4.61. The lowest BCUT2D eigenvalue weighted by atomic mass is 10.1. The zero-order chi connectivity index (χ0) is 13.3. The maximum atomic E-state index is 13.7. The largest absolute Gasteiger partial charge is 0.480 e. The van der Waals surface area contributed by atoms with Gasteiger partial charge in [-0.25, -0.2) is 8.78 Å². The van der Waals surface area contributed by atoms with Gasteiger partial charge in [0.15, 0.2) is 0 Å². The SMILES string of the molecule is CC(c1c(F)cccc1F)N(CC(=O)O)C1CC1. The molecule has 0 saturated heterocycles. The van der Waals surface area contributed by atoms with E-state index in [1.807, 2.05) is 0 Å². The number of carbonyl (C=O) groups is 1. The zero-order valence-electron chi connectivity index (χ0n) is 10.1. The minimum absolute atomic E-state index is 0.0503. The molecule has 0 amide bonds. The molecule has 18 heavy (non-hydrogen) atoms. The van der Waals surface area contributed by atoms with E-state index >= 15 is 0 Å². The quantitative estimate of drug-likeness (QED) is 0.879. The molecule has 1 atom stereocenters. The third-order valence-electron chi connectivity index (χ3n) is 3.25. The number of hydrogen-bond donors (Lipinski definition) is 1. The molecule has 5 heteroatoms. The fourth-order valence-electron chi connectivity index (χ4n) is 2.22. The number of benzene rings is 1. The van der Waals surface area contributed by atoms with Crippen molar-refractivity contribution in [3.05, 3.63) is 35.4 Å². The number of rotatable bonds is 5. The van der Waals surface area contributed by atoms with Gasteiger partial charge < -0.3 is 5.11 Å². The zero-order valence-corrected chi connectivity index (χ0v) is 10.1. The number of nitrogens with zero attached hydrogens (tertiary/aromatic N) is 1. The molecule has 2 rings (SSSR count). The van der Waals surface area contributed by atoms with Crippen molar-refractivity contribution in [1.82, 2.24) is 4.90 Å². The van der Waals surface area contributed by atoms with E-state index in [9.17, 15) is 13.6 Å². The van der Waals surface area contributed by atoms with Crippen LogP contribution in [0, 0.1) is 11.6 Å². The van der Waals surface area contributed by atoms with E-state index in [1.54, 1.807) is 11.8 Å². The van der Waals surface area contributed by atoms with Crippen LogP contribution in [0.2, 0.25) is 0 Å². The van der Waals surface area contributed by atoms with Crippen LogP contribution in [0.25, 0.3) is 0 Å². The Morgan fingerprint density at radius 1 is 1.44 bits per heavy atom. The first-order valence-electron chi connectivity index (χ1n) is 5.92. The maximum Gasteiger partial charge on any atom is 0.317 e. The molecule has 98 valence electrons. The third kappa shape index (κ3) is 2.67. The van der Waals surface area contributed by atoms with E-state index < -0.39 is 23.6 Å². The predicted molar refractivity (Wildman–Crippen MR) is 62.1 cm³/mol. The van der Waals surface area contributed by atoms with Crippen molar-refractivity contribution in [2.45, 2.75) is 31.8 Å². The Labute approximate surface area is 104 Å². The van der Waals surface area contributed by atoms with Gasteiger partial charge in [0.25, 0.3) is 0 Å². The molecular formula is C13H15F2NO2. The second-order valence-electron chi connectivity index (χ2n) is 4.61. The number of carboxylic acid groups (broad SMARTS) is 1. The molecule has 0 aromatic heterocycles.